The fourth-order valence-electron chi connectivity index (χ4n) is 3.13. The lowest BCUT2D eigenvalue weighted by molar-refractivity contribution is -0.134. The zero-order valence-electron chi connectivity index (χ0n) is 12.0. The van der Waals surface area contributed by atoms with Crippen molar-refractivity contribution in [1.82, 2.24) is 10.2 Å². The van der Waals surface area contributed by atoms with Crippen LogP contribution in [0.15, 0.2) is 0 Å². The number of carbonyl (C=O) groups is 1. The third kappa shape index (κ3) is 3.71. The second kappa shape index (κ2) is 6.55. The van der Waals surface area contributed by atoms with E-state index >= 15 is 0 Å². The predicted octanol–water partition coefficient (Wildman–Crippen LogP) is 2.41. The Morgan fingerprint density at radius 3 is 2.56 bits per heavy atom. The summed E-state index contributed by atoms with van der Waals surface area (Å²) in [5, 5.41) is 3.31. The molecule has 0 spiro atoms. The first kappa shape index (κ1) is 13.9. The molecule has 2 aliphatic rings. The topological polar surface area (TPSA) is 32.3 Å². The van der Waals surface area contributed by atoms with Crippen molar-refractivity contribution >= 4 is 5.91 Å². The Bertz CT molecular complexity index is 264. The van der Waals surface area contributed by atoms with Gasteiger partial charge in [0.25, 0.3) is 0 Å². The highest BCUT2D eigenvalue weighted by molar-refractivity contribution is 5.82. The minimum atomic E-state index is 0.122. The summed E-state index contributed by atoms with van der Waals surface area (Å²) in [5.74, 6) is 2.02. The Labute approximate surface area is 111 Å². The van der Waals surface area contributed by atoms with E-state index in [1.165, 1.54) is 25.7 Å². The second-order valence-corrected chi connectivity index (χ2v) is 6.39. The van der Waals surface area contributed by atoms with Gasteiger partial charge in [-0.3, -0.25) is 4.79 Å². The zero-order chi connectivity index (χ0) is 13.0. The van der Waals surface area contributed by atoms with E-state index in [-0.39, 0.29) is 6.04 Å². The molecule has 1 N–H and O–H groups in total. The van der Waals surface area contributed by atoms with Gasteiger partial charge in [0.05, 0.1) is 6.04 Å². The molecule has 1 unspecified atom stereocenters. The van der Waals surface area contributed by atoms with Crippen LogP contribution in [0.2, 0.25) is 0 Å². The Morgan fingerprint density at radius 2 is 2.00 bits per heavy atom. The van der Waals surface area contributed by atoms with Gasteiger partial charge in [-0.1, -0.05) is 26.7 Å². The summed E-state index contributed by atoms with van der Waals surface area (Å²) >= 11 is 0. The van der Waals surface area contributed by atoms with E-state index in [1.54, 1.807) is 0 Å². The fraction of sp³-hybridized carbons (Fsp3) is 0.933. The molecule has 0 bridgehead atoms. The summed E-state index contributed by atoms with van der Waals surface area (Å²) in [6.45, 7) is 7.58. The van der Waals surface area contributed by atoms with Crippen molar-refractivity contribution in [3.05, 3.63) is 0 Å². The number of nitrogens with zero attached hydrogens (tertiary/aromatic N) is 1. The highest BCUT2D eigenvalue weighted by atomic mass is 16.2. The van der Waals surface area contributed by atoms with Crippen molar-refractivity contribution in [3.63, 3.8) is 0 Å². The van der Waals surface area contributed by atoms with Gasteiger partial charge >= 0.3 is 0 Å². The third-order valence-electron chi connectivity index (χ3n) is 4.44. The molecule has 2 aliphatic heterocycles. The smallest absolute Gasteiger partial charge is 0.239 e. The van der Waals surface area contributed by atoms with Crippen LogP contribution in [0.3, 0.4) is 0 Å². The highest BCUT2D eigenvalue weighted by Crippen LogP contribution is 2.24. The van der Waals surface area contributed by atoms with Crippen molar-refractivity contribution in [2.45, 2.75) is 58.4 Å². The number of rotatable bonds is 4. The van der Waals surface area contributed by atoms with E-state index in [2.05, 4.69) is 24.1 Å². The molecule has 2 rings (SSSR count). The lowest BCUT2D eigenvalue weighted by atomic mass is 9.89. The van der Waals surface area contributed by atoms with Crippen molar-refractivity contribution in [1.29, 1.82) is 0 Å². The largest absolute Gasteiger partial charge is 0.341 e. The minimum absolute atomic E-state index is 0.122. The Kier molecular flexibility index (Phi) is 5.04. The van der Waals surface area contributed by atoms with Gasteiger partial charge in [-0.2, -0.15) is 0 Å². The predicted molar refractivity (Wildman–Crippen MR) is 74.4 cm³/mol. The van der Waals surface area contributed by atoms with Gasteiger partial charge in [0.2, 0.25) is 5.91 Å². The van der Waals surface area contributed by atoms with E-state index in [9.17, 15) is 4.79 Å². The van der Waals surface area contributed by atoms with E-state index in [0.29, 0.717) is 5.91 Å². The maximum absolute atomic E-state index is 12.2. The summed E-state index contributed by atoms with van der Waals surface area (Å²) in [7, 11) is 0. The normalized spacial score (nSPS) is 25.9. The van der Waals surface area contributed by atoms with Crippen LogP contribution in [0, 0.1) is 11.8 Å². The summed E-state index contributed by atoms with van der Waals surface area (Å²) < 4.78 is 0. The van der Waals surface area contributed by atoms with Crippen LogP contribution < -0.4 is 5.32 Å². The number of carbonyl (C=O) groups excluding carboxylic acids is 1. The molecular weight excluding hydrogens is 224 g/mol. The summed E-state index contributed by atoms with van der Waals surface area (Å²) in [4.78, 5) is 14.3. The molecule has 0 radical (unpaired) electrons. The van der Waals surface area contributed by atoms with E-state index in [4.69, 9.17) is 0 Å². The molecule has 0 aromatic heterocycles. The molecule has 1 atom stereocenters. The number of amides is 1. The standard InChI is InChI=1S/C15H28N2O/c1-12(2)5-6-13-7-10-17(11-8-13)15(18)14-4-3-9-16-14/h12-14,16H,3-11H2,1-2H3. The van der Waals surface area contributed by atoms with Gasteiger partial charge in [0, 0.05) is 13.1 Å². The molecule has 3 heteroatoms. The molecule has 3 nitrogen and oxygen atoms in total. The van der Waals surface area contributed by atoms with Crippen LogP contribution in [0.5, 0.6) is 0 Å². The minimum Gasteiger partial charge on any atom is -0.341 e. The molecule has 1 amide bonds. The Hall–Kier alpha value is -0.570. The van der Waals surface area contributed by atoms with Crippen LogP contribution in [0.4, 0.5) is 0 Å². The van der Waals surface area contributed by atoms with Crippen LogP contribution in [-0.4, -0.2) is 36.5 Å². The van der Waals surface area contributed by atoms with Gasteiger partial charge in [-0.05, 0) is 44.1 Å². The number of hydrogen-bond donors (Lipinski definition) is 1. The first-order valence-electron chi connectivity index (χ1n) is 7.69. The zero-order valence-corrected chi connectivity index (χ0v) is 12.0. The maximum atomic E-state index is 12.2. The van der Waals surface area contributed by atoms with Crippen molar-refractivity contribution < 1.29 is 4.79 Å². The van der Waals surface area contributed by atoms with Crippen LogP contribution in [0.1, 0.15) is 52.4 Å². The Balaban J connectivity index is 1.70. The van der Waals surface area contributed by atoms with Crippen LogP contribution in [0.25, 0.3) is 0 Å². The van der Waals surface area contributed by atoms with Gasteiger partial charge in [0.1, 0.15) is 0 Å². The molecule has 18 heavy (non-hydrogen) atoms. The van der Waals surface area contributed by atoms with Crippen LogP contribution in [-0.2, 0) is 4.79 Å². The second-order valence-electron chi connectivity index (χ2n) is 6.39. The molecule has 0 aromatic rings. The first-order valence-corrected chi connectivity index (χ1v) is 7.69. The van der Waals surface area contributed by atoms with Gasteiger partial charge in [-0.25, -0.2) is 0 Å². The molecule has 2 fully saturated rings. The molecule has 2 heterocycles. The quantitative estimate of drug-likeness (QED) is 0.833. The van der Waals surface area contributed by atoms with Crippen molar-refractivity contribution in [2.24, 2.45) is 11.8 Å². The molecule has 2 saturated heterocycles. The number of likely N-dealkylation sites (tertiary alicyclic amines) is 1. The maximum Gasteiger partial charge on any atom is 0.239 e. The van der Waals surface area contributed by atoms with Gasteiger partial charge in [0.15, 0.2) is 0 Å². The molecule has 104 valence electrons. The lowest BCUT2D eigenvalue weighted by Crippen LogP contribution is -2.47. The molecule has 0 aliphatic carbocycles. The number of hydrogen-bond acceptors (Lipinski definition) is 2. The average Bonchev–Trinajstić information content (AvgIpc) is 2.90. The SMILES string of the molecule is CC(C)CCC1CCN(C(=O)C2CCCN2)CC1. The third-order valence-corrected chi connectivity index (χ3v) is 4.44. The summed E-state index contributed by atoms with van der Waals surface area (Å²) in [5.41, 5.74) is 0. The van der Waals surface area contributed by atoms with Gasteiger partial charge < -0.3 is 10.2 Å². The first-order chi connectivity index (χ1) is 8.66. The Morgan fingerprint density at radius 1 is 1.28 bits per heavy atom. The number of piperidine rings is 1. The molecular formula is C15H28N2O. The molecule has 0 aromatic carbocycles. The highest BCUT2D eigenvalue weighted by Gasteiger charge is 2.29. The van der Waals surface area contributed by atoms with Crippen molar-refractivity contribution in [3.8, 4) is 0 Å². The van der Waals surface area contributed by atoms with E-state index < -0.39 is 0 Å². The van der Waals surface area contributed by atoms with E-state index in [0.717, 1.165) is 44.3 Å². The van der Waals surface area contributed by atoms with Crippen LogP contribution >= 0.6 is 0 Å². The summed E-state index contributed by atoms with van der Waals surface area (Å²) in [6.07, 6.45) is 7.30. The van der Waals surface area contributed by atoms with E-state index in [1.807, 2.05) is 0 Å². The monoisotopic (exact) mass is 252 g/mol. The average molecular weight is 252 g/mol. The number of nitrogens with one attached hydrogen (secondary N) is 1. The fourth-order valence-corrected chi connectivity index (χ4v) is 3.13. The van der Waals surface area contributed by atoms with Gasteiger partial charge in [-0.15, -0.1) is 0 Å². The lowest BCUT2D eigenvalue weighted by Gasteiger charge is -2.33. The summed E-state index contributed by atoms with van der Waals surface area (Å²) in [6, 6.07) is 0.122. The molecule has 0 saturated carbocycles. The van der Waals surface area contributed by atoms with Crippen molar-refractivity contribution in [2.75, 3.05) is 19.6 Å².